The molecule has 1 aliphatic rings. The van der Waals surface area contributed by atoms with Crippen LogP contribution < -0.4 is 16.0 Å². The van der Waals surface area contributed by atoms with Gasteiger partial charge in [-0.2, -0.15) is 0 Å². The molecule has 0 bridgehead atoms. The molecule has 1 heterocycles. The summed E-state index contributed by atoms with van der Waals surface area (Å²) in [5.74, 6) is -0.0617. The molecular weight excluding hydrogens is 304 g/mol. The highest BCUT2D eigenvalue weighted by Crippen LogP contribution is 2.19. The number of amides is 3. The van der Waals surface area contributed by atoms with E-state index in [9.17, 15) is 9.59 Å². The van der Waals surface area contributed by atoms with Crippen molar-refractivity contribution < 1.29 is 9.59 Å². The fourth-order valence-corrected chi connectivity index (χ4v) is 2.38. The van der Waals surface area contributed by atoms with E-state index in [4.69, 9.17) is 0 Å². The van der Waals surface area contributed by atoms with Gasteiger partial charge in [-0.1, -0.05) is 0 Å². The summed E-state index contributed by atoms with van der Waals surface area (Å²) in [7, 11) is 0. The van der Waals surface area contributed by atoms with Gasteiger partial charge in [0.1, 0.15) is 0 Å². The van der Waals surface area contributed by atoms with Gasteiger partial charge in [0.05, 0.1) is 0 Å². The van der Waals surface area contributed by atoms with Crippen LogP contribution in [0, 0.1) is 0 Å². The van der Waals surface area contributed by atoms with E-state index < -0.39 is 0 Å². The van der Waals surface area contributed by atoms with Crippen molar-refractivity contribution in [3.63, 3.8) is 0 Å². The number of urea groups is 1. The molecule has 0 spiro atoms. The Morgan fingerprint density at radius 1 is 1.04 bits per heavy atom. The molecule has 1 aromatic heterocycles. The zero-order valence-corrected chi connectivity index (χ0v) is 13.3. The number of carbonyl (C=O) groups excluding carboxylic acids is 2. The summed E-state index contributed by atoms with van der Waals surface area (Å²) < 4.78 is 0. The van der Waals surface area contributed by atoms with Gasteiger partial charge in [0.15, 0.2) is 0 Å². The number of anilines is 1. The largest absolute Gasteiger partial charge is 0.349 e. The lowest BCUT2D eigenvalue weighted by Crippen LogP contribution is -2.39. The molecule has 1 fully saturated rings. The zero-order chi connectivity index (χ0) is 16.8. The van der Waals surface area contributed by atoms with E-state index in [1.54, 1.807) is 36.7 Å². The van der Waals surface area contributed by atoms with Crippen LogP contribution in [0.3, 0.4) is 0 Å². The third kappa shape index (κ3) is 4.32. The minimum atomic E-state index is -0.293. The molecule has 0 radical (unpaired) electrons. The number of hydrogen-bond acceptors (Lipinski definition) is 3. The highest BCUT2D eigenvalue weighted by atomic mass is 16.2. The first-order valence-electron chi connectivity index (χ1n) is 8.05. The van der Waals surface area contributed by atoms with Crippen LogP contribution in [0.4, 0.5) is 10.5 Å². The molecule has 0 unspecified atom stereocenters. The van der Waals surface area contributed by atoms with Crippen LogP contribution in [0.15, 0.2) is 48.8 Å². The predicted molar refractivity (Wildman–Crippen MR) is 91.6 cm³/mol. The normalized spacial score (nSPS) is 13.7. The Bertz CT molecular complexity index is 697. The van der Waals surface area contributed by atoms with Crippen molar-refractivity contribution in [1.29, 1.82) is 0 Å². The third-order valence-corrected chi connectivity index (χ3v) is 4.05. The molecule has 1 aromatic carbocycles. The topological polar surface area (TPSA) is 83.1 Å². The van der Waals surface area contributed by atoms with Gasteiger partial charge < -0.3 is 16.0 Å². The Morgan fingerprint density at radius 3 is 2.38 bits per heavy atom. The van der Waals surface area contributed by atoms with E-state index in [1.165, 1.54) is 6.42 Å². The lowest BCUT2D eigenvalue weighted by atomic mass is 9.93. The van der Waals surface area contributed by atoms with Gasteiger partial charge in [0.2, 0.25) is 0 Å². The average Bonchev–Trinajstić information content (AvgIpc) is 2.58. The maximum absolute atomic E-state index is 12.0. The molecule has 2 aromatic rings. The second-order valence-corrected chi connectivity index (χ2v) is 5.84. The van der Waals surface area contributed by atoms with Crippen LogP contribution in [-0.4, -0.2) is 23.0 Å². The van der Waals surface area contributed by atoms with Gasteiger partial charge in [-0.3, -0.25) is 9.78 Å². The number of aromatic nitrogens is 1. The Hall–Kier alpha value is -2.89. The highest BCUT2D eigenvalue weighted by Gasteiger charge is 2.19. The van der Waals surface area contributed by atoms with Crippen LogP contribution in [0.25, 0.3) is 0 Å². The van der Waals surface area contributed by atoms with E-state index in [1.807, 2.05) is 12.1 Å². The van der Waals surface area contributed by atoms with Crippen molar-refractivity contribution in [2.24, 2.45) is 0 Å². The standard InChI is InChI=1S/C18H20N4O2/c23-17(21-15-2-1-3-15)14-4-6-16(7-5-14)22-18(24)20-12-13-8-10-19-11-9-13/h4-11,15H,1-3,12H2,(H,21,23)(H2,20,22,24). The van der Waals surface area contributed by atoms with Crippen LogP contribution >= 0.6 is 0 Å². The van der Waals surface area contributed by atoms with E-state index in [2.05, 4.69) is 20.9 Å². The first-order valence-corrected chi connectivity index (χ1v) is 8.05. The molecule has 0 saturated heterocycles. The molecule has 1 saturated carbocycles. The van der Waals surface area contributed by atoms with Gasteiger partial charge in [0, 0.05) is 36.2 Å². The number of nitrogens with one attached hydrogen (secondary N) is 3. The first-order chi connectivity index (χ1) is 11.7. The number of nitrogens with zero attached hydrogens (tertiary/aromatic N) is 1. The maximum atomic E-state index is 12.0. The monoisotopic (exact) mass is 324 g/mol. The Labute approximate surface area is 140 Å². The van der Waals surface area contributed by atoms with Gasteiger partial charge in [0.25, 0.3) is 5.91 Å². The van der Waals surface area contributed by atoms with E-state index in [0.29, 0.717) is 23.8 Å². The van der Waals surface area contributed by atoms with Crippen molar-refractivity contribution in [3.8, 4) is 0 Å². The number of hydrogen-bond donors (Lipinski definition) is 3. The second-order valence-electron chi connectivity index (χ2n) is 5.84. The first kappa shape index (κ1) is 16.0. The number of benzene rings is 1. The van der Waals surface area contributed by atoms with Crippen LogP contribution in [0.5, 0.6) is 0 Å². The van der Waals surface area contributed by atoms with Crippen LogP contribution in [0.2, 0.25) is 0 Å². The molecule has 6 nitrogen and oxygen atoms in total. The Kier molecular flexibility index (Phi) is 5.05. The summed E-state index contributed by atoms with van der Waals surface area (Å²) in [5, 5.41) is 8.50. The lowest BCUT2D eigenvalue weighted by molar-refractivity contribution is 0.0917. The van der Waals surface area contributed by atoms with Crippen LogP contribution in [-0.2, 0) is 6.54 Å². The fourth-order valence-electron chi connectivity index (χ4n) is 2.38. The molecule has 124 valence electrons. The molecular formula is C18H20N4O2. The van der Waals surface area contributed by atoms with E-state index in [-0.39, 0.29) is 11.9 Å². The molecule has 3 amide bonds. The van der Waals surface area contributed by atoms with E-state index in [0.717, 1.165) is 18.4 Å². The lowest BCUT2D eigenvalue weighted by Gasteiger charge is -2.26. The smallest absolute Gasteiger partial charge is 0.319 e. The summed E-state index contributed by atoms with van der Waals surface area (Å²) in [6.07, 6.45) is 6.67. The molecule has 0 atom stereocenters. The highest BCUT2D eigenvalue weighted by molar-refractivity contribution is 5.95. The van der Waals surface area contributed by atoms with Gasteiger partial charge >= 0.3 is 6.03 Å². The van der Waals surface area contributed by atoms with Crippen molar-refractivity contribution in [2.45, 2.75) is 31.8 Å². The van der Waals surface area contributed by atoms with Crippen molar-refractivity contribution in [1.82, 2.24) is 15.6 Å². The summed E-state index contributed by atoms with van der Waals surface area (Å²) in [6, 6.07) is 10.6. The fraction of sp³-hybridized carbons (Fsp3) is 0.278. The van der Waals surface area contributed by atoms with Crippen molar-refractivity contribution in [2.75, 3.05) is 5.32 Å². The predicted octanol–water partition coefficient (Wildman–Crippen LogP) is 2.69. The second kappa shape index (κ2) is 7.59. The zero-order valence-electron chi connectivity index (χ0n) is 13.3. The van der Waals surface area contributed by atoms with Gasteiger partial charge in [-0.05, 0) is 61.2 Å². The van der Waals surface area contributed by atoms with Gasteiger partial charge in [-0.15, -0.1) is 0 Å². The molecule has 3 N–H and O–H groups in total. The Morgan fingerprint density at radius 2 is 1.75 bits per heavy atom. The van der Waals surface area contributed by atoms with Crippen molar-refractivity contribution >= 4 is 17.6 Å². The number of carbonyl (C=O) groups is 2. The quantitative estimate of drug-likeness (QED) is 0.791. The third-order valence-electron chi connectivity index (χ3n) is 4.05. The molecule has 0 aliphatic heterocycles. The van der Waals surface area contributed by atoms with Crippen molar-refractivity contribution in [3.05, 3.63) is 59.9 Å². The molecule has 24 heavy (non-hydrogen) atoms. The minimum Gasteiger partial charge on any atom is -0.349 e. The van der Waals surface area contributed by atoms with Gasteiger partial charge in [-0.25, -0.2) is 4.79 Å². The summed E-state index contributed by atoms with van der Waals surface area (Å²) in [4.78, 5) is 27.8. The number of pyridine rings is 1. The minimum absolute atomic E-state index is 0.0617. The molecule has 6 heteroatoms. The molecule has 3 rings (SSSR count). The van der Waals surface area contributed by atoms with Crippen LogP contribution in [0.1, 0.15) is 35.2 Å². The Balaban J connectivity index is 1.48. The SMILES string of the molecule is O=C(NCc1ccncc1)Nc1ccc(C(=O)NC2CCC2)cc1. The molecule has 1 aliphatic carbocycles. The summed E-state index contributed by atoms with van der Waals surface area (Å²) in [6.45, 7) is 0.427. The maximum Gasteiger partial charge on any atom is 0.319 e. The number of rotatable bonds is 5. The summed E-state index contributed by atoms with van der Waals surface area (Å²) in [5.41, 5.74) is 2.22. The summed E-state index contributed by atoms with van der Waals surface area (Å²) >= 11 is 0. The van der Waals surface area contributed by atoms with E-state index >= 15 is 0 Å². The average molecular weight is 324 g/mol.